The minimum Gasteiger partial charge on any atom is -0.465 e. The molecule has 0 heterocycles. The van der Waals surface area contributed by atoms with Gasteiger partial charge in [0.15, 0.2) is 0 Å². The van der Waals surface area contributed by atoms with Crippen molar-refractivity contribution in [2.75, 3.05) is 7.11 Å². The number of hydrogen-bond acceptors (Lipinski definition) is 4. The van der Waals surface area contributed by atoms with Crippen LogP contribution in [-0.4, -0.2) is 21.5 Å². The molecule has 1 aromatic carbocycles. The van der Waals surface area contributed by atoms with Crippen LogP contribution in [0, 0.1) is 0 Å². The number of benzene rings is 1. The maximum Gasteiger partial charge on any atom is 0.340 e. The van der Waals surface area contributed by atoms with Crippen molar-refractivity contribution >= 4 is 39.4 Å². The fourth-order valence-corrected chi connectivity index (χ4v) is 2.36. The molecule has 4 nitrogen and oxygen atoms in total. The molecule has 0 amide bonds. The second-order valence-electron chi connectivity index (χ2n) is 2.66. The van der Waals surface area contributed by atoms with Crippen LogP contribution in [0.5, 0.6) is 0 Å². The molecule has 0 saturated carbocycles. The van der Waals surface area contributed by atoms with Crippen LogP contribution in [0.25, 0.3) is 0 Å². The van der Waals surface area contributed by atoms with Gasteiger partial charge in [0.2, 0.25) is 0 Å². The van der Waals surface area contributed by atoms with Gasteiger partial charge in [-0.1, -0.05) is 23.2 Å². The highest BCUT2D eigenvalue weighted by atomic mass is 35.5. The van der Waals surface area contributed by atoms with Crippen molar-refractivity contribution in [3.05, 3.63) is 27.7 Å². The van der Waals surface area contributed by atoms with Crippen molar-refractivity contribution in [2.45, 2.75) is 4.90 Å². The number of carbonyl (C=O) groups is 1. The first kappa shape index (κ1) is 13.2. The van der Waals surface area contributed by atoms with Gasteiger partial charge < -0.3 is 4.74 Å². The van der Waals surface area contributed by atoms with Gasteiger partial charge in [0.05, 0.1) is 22.7 Å². The summed E-state index contributed by atoms with van der Waals surface area (Å²) >= 11 is 11.2. The number of hydrogen-bond donors (Lipinski definition) is 0. The lowest BCUT2D eigenvalue weighted by Crippen LogP contribution is -2.06. The summed E-state index contributed by atoms with van der Waals surface area (Å²) in [4.78, 5) is 10.4. The fraction of sp³-hybridized carbons (Fsp3) is 0.125. The minimum atomic E-state index is -5.01. The average Bonchev–Trinajstić information content (AvgIpc) is 2.15. The van der Waals surface area contributed by atoms with Gasteiger partial charge >= 0.3 is 16.2 Å². The zero-order chi connectivity index (χ0) is 12.5. The largest absolute Gasteiger partial charge is 0.465 e. The van der Waals surface area contributed by atoms with E-state index in [0.717, 1.165) is 19.2 Å². The number of ether oxygens (including phenoxy) is 1. The summed E-state index contributed by atoms with van der Waals surface area (Å²) in [5.74, 6) is -0.944. The molecule has 0 atom stereocenters. The molecule has 0 N–H and O–H groups in total. The summed E-state index contributed by atoms with van der Waals surface area (Å²) in [6.07, 6.45) is 0. The van der Waals surface area contributed by atoms with Crippen molar-refractivity contribution in [3.63, 3.8) is 0 Å². The van der Waals surface area contributed by atoms with E-state index in [1.54, 1.807) is 0 Å². The monoisotopic (exact) mass is 286 g/mol. The first-order valence-electron chi connectivity index (χ1n) is 3.80. The molecule has 88 valence electrons. The maximum atomic E-state index is 12.8. The quantitative estimate of drug-likeness (QED) is 0.619. The molecular weight excluding hydrogens is 282 g/mol. The number of halogens is 3. The third kappa shape index (κ3) is 2.45. The van der Waals surface area contributed by atoms with Crippen LogP contribution >= 0.6 is 23.2 Å². The summed E-state index contributed by atoms with van der Waals surface area (Å²) in [6.45, 7) is 0. The Bertz CT molecular complexity index is 541. The standard InChI is InChI=1S/C8H5Cl2FO4S/c1-15-8(12)6-4(9)2-3-5(7(6)10)16(11,13)14/h2-3H,1H3. The Labute approximate surface area is 101 Å². The minimum absolute atomic E-state index is 0.121. The Morgan fingerprint density at radius 1 is 1.38 bits per heavy atom. The van der Waals surface area contributed by atoms with Gasteiger partial charge in [0.1, 0.15) is 4.90 Å². The predicted octanol–water partition coefficient (Wildman–Crippen LogP) is 2.44. The molecule has 0 aliphatic carbocycles. The highest BCUT2D eigenvalue weighted by Crippen LogP contribution is 2.32. The lowest BCUT2D eigenvalue weighted by molar-refractivity contribution is 0.0601. The van der Waals surface area contributed by atoms with Crippen LogP contribution in [0.1, 0.15) is 10.4 Å². The molecule has 1 aromatic rings. The molecule has 0 saturated heterocycles. The molecule has 0 aromatic heterocycles. The number of rotatable bonds is 2. The third-order valence-corrected chi connectivity index (χ3v) is 3.39. The van der Waals surface area contributed by atoms with Crippen molar-refractivity contribution in [1.29, 1.82) is 0 Å². The van der Waals surface area contributed by atoms with Gasteiger partial charge in [0, 0.05) is 0 Å². The molecule has 0 bridgehead atoms. The van der Waals surface area contributed by atoms with Crippen LogP contribution in [0.2, 0.25) is 10.0 Å². The molecule has 0 radical (unpaired) electrons. The number of methoxy groups -OCH3 is 1. The first-order chi connectivity index (χ1) is 7.29. The van der Waals surface area contributed by atoms with Gasteiger partial charge in [0.25, 0.3) is 0 Å². The van der Waals surface area contributed by atoms with Crippen LogP contribution in [0.4, 0.5) is 3.89 Å². The van der Waals surface area contributed by atoms with Gasteiger partial charge in [-0.15, -0.1) is 3.89 Å². The summed E-state index contributed by atoms with van der Waals surface area (Å²) in [5.41, 5.74) is -0.385. The molecule has 0 aliphatic rings. The lowest BCUT2D eigenvalue weighted by atomic mass is 10.2. The topological polar surface area (TPSA) is 60.4 Å². The van der Waals surface area contributed by atoms with E-state index < -0.39 is 26.1 Å². The second kappa shape index (κ2) is 4.57. The molecule has 0 spiro atoms. The highest BCUT2D eigenvalue weighted by Gasteiger charge is 2.24. The summed E-state index contributed by atoms with van der Waals surface area (Å²) in [7, 11) is -3.95. The van der Waals surface area contributed by atoms with Crippen molar-refractivity contribution < 1.29 is 21.8 Å². The fourth-order valence-electron chi connectivity index (χ4n) is 1.01. The Morgan fingerprint density at radius 2 is 1.94 bits per heavy atom. The van der Waals surface area contributed by atoms with Crippen LogP contribution in [0.3, 0.4) is 0 Å². The van der Waals surface area contributed by atoms with Gasteiger partial charge in [-0.3, -0.25) is 0 Å². The summed E-state index contributed by atoms with van der Waals surface area (Å²) < 4.78 is 38.5. The van der Waals surface area contributed by atoms with Crippen molar-refractivity contribution in [1.82, 2.24) is 0 Å². The van der Waals surface area contributed by atoms with E-state index in [1.807, 2.05) is 0 Å². The molecule has 0 unspecified atom stereocenters. The first-order valence-corrected chi connectivity index (χ1v) is 5.94. The van der Waals surface area contributed by atoms with E-state index in [1.165, 1.54) is 0 Å². The molecule has 1 rings (SSSR count). The van der Waals surface area contributed by atoms with Crippen LogP contribution < -0.4 is 0 Å². The van der Waals surface area contributed by atoms with E-state index in [2.05, 4.69) is 4.74 Å². The predicted molar refractivity (Wildman–Crippen MR) is 56.1 cm³/mol. The molecule has 0 aliphatic heterocycles. The van der Waals surface area contributed by atoms with E-state index in [9.17, 15) is 17.1 Å². The van der Waals surface area contributed by atoms with E-state index in [4.69, 9.17) is 23.2 Å². The number of esters is 1. The Morgan fingerprint density at radius 3 is 2.38 bits per heavy atom. The van der Waals surface area contributed by atoms with E-state index in [0.29, 0.717) is 0 Å². The lowest BCUT2D eigenvalue weighted by Gasteiger charge is -2.06. The Balaban J connectivity index is 3.57. The van der Waals surface area contributed by atoms with Gasteiger partial charge in [-0.2, -0.15) is 8.42 Å². The Hall–Kier alpha value is -0.850. The van der Waals surface area contributed by atoms with Gasteiger partial charge in [-0.25, -0.2) is 4.79 Å². The zero-order valence-corrected chi connectivity index (χ0v) is 10.2. The SMILES string of the molecule is COC(=O)c1c(Cl)ccc(S(=O)(=O)F)c1Cl. The molecular formula is C8H5Cl2FO4S. The van der Waals surface area contributed by atoms with Crippen LogP contribution in [0.15, 0.2) is 17.0 Å². The zero-order valence-electron chi connectivity index (χ0n) is 7.83. The maximum absolute atomic E-state index is 12.8. The Kier molecular flexibility index (Phi) is 3.77. The molecule has 0 fully saturated rings. The summed E-state index contributed by atoms with van der Waals surface area (Å²) in [5, 5.41) is -0.717. The molecule has 16 heavy (non-hydrogen) atoms. The summed E-state index contributed by atoms with van der Waals surface area (Å²) in [6, 6.07) is 1.92. The molecule has 8 heteroatoms. The third-order valence-electron chi connectivity index (χ3n) is 1.71. The number of carbonyl (C=O) groups excluding carboxylic acids is 1. The van der Waals surface area contributed by atoms with E-state index in [-0.39, 0.29) is 10.6 Å². The van der Waals surface area contributed by atoms with Crippen LogP contribution in [-0.2, 0) is 15.0 Å². The van der Waals surface area contributed by atoms with E-state index >= 15 is 0 Å². The van der Waals surface area contributed by atoms with Crippen molar-refractivity contribution in [2.24, 2.45) is 0 Å². The normalized spacial score (nSPS) is 11.2. The van der Waals surface area contributed by atoms with Gasteiger partial charge in [-0.05, 0) is 12.1 Å². The average molecular weight is 287 g/mol. The van der Waals surface area contributed by atoms with Crippen molar-refractivity contribution in [3.8, 4) is 0 Å². The highest BCUT2D eigenvalue weighted by molar-refractivity contribution is 7.86. The second-order valence-corrected chi connectivity index (χ2v) is 4.76. The smallest absolute Gasteiger partial charge is 0.340 e.